The minimum Gasteiger partial charge on any atom is -0.443 e. The fourth-order valence-corrected chi connectivity index (χ4v) is 1.25. The molecule has 92 valence electrons. The summed E-state index contributed by atoms with van der Waals surface area (Å²) >= 11 is 0. The van der Waals surface area contributed by atoms with Gasteiger partial charge in [-0.05, 0) is 20.8 Å². The fourth-order valence-electron chi connectivity index (χ4n) is 1.25. The third kappa shape index (κ3) is 2.80. The molecule has 0 aromatic carbocycles. The summed E-state index contributed by atoms with van der Waals surface area (Å²) < 4.78 is 29.9. The number of carbonyl (C=O) groups is 2. The molecule has 3 amide bonds. The van der Waals surface area contributed by atoms with Crippen molar-refractivity contribution < 1.29 is 23.1 Å². The highest BCUT2D eigenvalue weighted by molar-refractivity contribution is 5.93. The SMILES string of the molecule is CC(C)(C)OC(=O)N1C(=O)NCC1C(F)F. The van der Waals surface area contributed by atoms with Crippen LogP contribution in [0.3, 0.4) is 0 Å². The molecule has 0 aliphatic carbocycles. The van der Waals surface area contributed by atoms with E-state index < -0.39 is 30.2 Å². The molecule has 1 saturated heterocycles. The van der Waals surface area contributed by atoms with E-state index in [2.05, 4.69) is 5.32 Å². The highest BCUT2D eigenvalue weighted by Crippen LogP contribution is 2.18. The average Bonchev–Trinajstić information content (AvgIpc) is 2.43. The number of carbonyl (C=O) groups excluding carboxylic acids is 2. The van der Waals surface area contributed by atoms with Crippen LogP contribution >= 0.6 is 0 Å². The second-order valence-corrected chi connectivity index (χ2v) is 4.44. The maximum Gasteiger partial charge on any atom is 0.419 e. The molecule has 1 unspecified atom stereocenters. The normalized spacial score (nSPS) is 21.2. The Morgan fingerprint density at radius 2 is 2.12 bits per heavy atom. The first kappa shape index (κ1) is 12.7. The summed E-state index contributed by atoms with van der Waals surface area (Å²) in [4.78, 5) is 23.1. The van der Waals surface area contributed by atoms with Gasteiger partial charge in [0.15, 0.2) is 0 Å². The number of rotatable bonds is 1. The molecule has 1 atom stereocenters. The summed E-state index contributed by atoms with van der Waals surface area (Å²) in [5.41, 5.74) is -0.827. The van der Waals surface area contributed by atoms with Crippen molar-refractivity contribution in [1.82, 2.24) is 10.2 Å². The van der Waals surface area contributed by atoms with E-state index in [0.29, 0.717) is 4.90 Å². The predicted octanol–water partition coefficient (Wildman–Crippen LogP) is 1.58. The van der Waals surface area contributed by atoms with Crippen LogP contribution in [-0.4, -0.2) is 41.6 Å². The van der Waals surface area contributed by atoms with Gasteiger partial charge in [-0.15, -0.1) is 0 Å². The highest BCUT2D eigenvalue weighted by Gasteiger charge is 2.43. The minimum atomic E-state index is -2.79. The molecule has 5 nitrogen and oxygen atoms in total. The van der Waals surface area contributed by atoms with Gasteiger partial charge in [0.25, 0.3) is 6.43 Å². The van der Waals surface area contributed by atoms with Crippen molar-refractivity contribution in [1.29, 1.82) is 0 Å². The molecule has 1 heterocycles. The molecule has 0 spiro atoms. The molecule has 1 aliphatic rings. The molecular weight excluding hydrogens is 222 g/mol. The Balaban J connectivity index is 2.76. The molecule has 1 rings (SSSR count). The molecule has 16 heavy (non-hydrogen) atoms. The van der Waals surface area contributed by atoms with Crippen LogP contribution < -0.4 is 5.32 Å². The first-order valence-electron chi connectivity index (χ1n) is 4.80. The molecule has 1 N–H and O–H groups in total. The summed E-state index contributed by atoms with van der Waals surface area (Å²) in [7, 11) is 0. The molecular formula is C9H14F2N2O3. The number of alkyl halides is 2. The van der Waals surface area contributed by atoms with E-state index in [0.717, 1.165) is 0 Å². The number of nitrogens with one attached hydrogen (secondary N) is 1. The Hall–Kier alpha value is -1.40. The lowest BCUT2D eigenvalue weighted by atomic mass is 10.2. The van der Waals surface area contributed by atoms with Crippen molar-refractivity contribution in [2.45, 2.75) is 38.8 Å². The Morgan fingerprint density at radius 3 is 2.56 bits per heavy atom. The molecule has 0 bridgehead atoms. The van der Waals surface area contributed by atoms with E-state index in [1.807, 2.05) is 0 Å². The topological polar surface area (TPSA) is 58.6 Å². The molecule has 1 aliphatic heterocycles. The number of ether oxygens (including phenoxy) is 1. The van der Waals surface area contributed by atoms with Gasteiger partial charge in [-0.25, -0.2) is 23.3 Å². The van der Waals surface area contributed by atoms with Gasteiger partial charge >= 0.3 is 12.1 Å². The minimum absolute atomic E-state index is 0.254. The summed E-state index contributed by atoms with van der Waals surface area (Å²) in [5.74, 6) is 0. The third-order valence-corrected chi connectivity index (χ3v) is 1.89. The van der Waals surface area contributed by atoms with Crippen LogP contribution in [0, 0.1) is 0 Å². The average molecular weight is 236 g/mol. The number of hydrogen-bond donors (Lipinski definition) is 1. The van der Waals surface area contributed by atoms with Crippen molar-refractivity contribution in [3.05, 3.63) is 0 Å². The zero-order valence-electron chi connectivity index (χ0n) is 9.29. The Kier molecular flexibility index (Phi) is 3.35. The van der Waals surface area contributed by atoms with Gasteiger partial charge in [0.2, 0.25) is 0 Å². The van der Waals surface area contributed by atoms with Gasteiger partial charge in [0, 0.05) is 6.54 Å². The van der Waals surface area contributed by atoms with Gasteiger partial charge in [0.05, 0.1) is 0 Å². The zero-order chi connectivity index (χ0) is 12.5. The van der Waals surface area contributed by atoms with Crippen LogP contribution in [0.25, 0.3) is 0 Å². The first-order chi connectivity index (χ1) is 7.22. The van der Waals surface area contributed by atoms with Crippen LogP contribution in [0.15, 0.2) is 0 Å². The van der Waals surface area contributed by atoms with E-state index in [9.17, 15) is 18.4 Å². The zero-order valence-corrected chi connectivity index (χ0v) is 9.29. The molecule has 0 aromatic rings. The lowest BCUT2D eigenvalue weighted by Gasteiger charge is -2.25. The van der Waals surface area contributed by atoms with Crippen LogP contribution in [-0.2, 0) is 4.74 Å². The standard InChI is InChI=1S/C9H14F2N2O3/c1-9(2,3)16-8(15)13-5(6(10)11)4-12-7(13)14/h5-6H,4H2,1-3H3,(H,12,14). The predicted molar refractivity (Wildman–Crippen MR) is 51.3 cm³/mol. The number of nitrogens with zero attached hydrogens (tertiary/aromatic N) is 1. The second-order valence-electron chi connectivity index (χ2n) is 4.44. The summed E-state index contributed by atoms with van der Waals surface area (Å²) in [6.45, 7) is 4.53. The molecule has 7 heteroatoms. The Labute approximate surface area is 91.7 Å². The van der Waals surface area contributed by atoms with E-state index in [4.69, 9.17) is 4.74 Å². The van der Waals surface area contributed by atoms with Crippen molar-refractivity contribution in [2.75, 3.05) is 6.54 Å². The van der Waals surface area contributed by atoms with Crippen molar-refractivity contribution >= 4 is 12.1 Å². The first-order valence-corrected chi connectivity index (χ1v) is 4.80. The molecule has 0 aromatic heterocycles. The maximum atomic E-state index is 12.5. The molecule has 0 radical (unpaired) electrons. The van der Waals surface area contributed by atoms with E-state index in [1.165, 1.54) is 0 Å². The van der Waals surface area contributed by atoms with Crippen molar-refractivity contribution in [3.63, 3.8) is 0 Å². The lowest BCUT2D eigenvalue weighted by Crippen LogP contribution is -2.45. The maximum absolute atomic E-state index is 12.5. The van der Waals surface area contributed by atoms with Crippen LogP contribution in [0.2, 0.25) is 0 Å². The Bertz CT molecular complexity index is 302. The van der Waals surface area contributed by atoms with Gasteiger partial charge < -0.3 is 10.1 Å². The van der Waals surface area contributed by atoms with Crippen LogP contribution in [0.1, 0.15) is 20.8 Å². The number of urea groups is 1. The van der Waals surface area contributed by atoms with Gasteiger partial charge in [-0.3, -0.25) is 0 Å². The van der Waals surface area contributed by atoms with Gasteiger partial charge in [-0.1, -0.05) is 0 Å². The highest BCUT2D eigenvalue weighted by atomic mass is 19.3. The molecule has 0 saturated carbocycles. The van der Waals surface area contributed by atoms with Gasteiger partial charge in [-0.2, -0.15) is 0 Å². The summed E-state index contributed by atoms with van der Waals surface area (Å²) in [6, 6.07) is -2.30. The van der Waals surface area contributed by atoms with Crippen LogP contribution in [0.4, 0.5) is 18.4 Å². The molecule has 1 fully saturated rings. The van der Waals surface area contributed by atoms with Gasteiger partial charge in [0.1, 0.15) is 11.6 Å². The smallest absolute Gasteiger partial charge is 0.419 e. The largest absolute Gasteiger partial charge is 0.443 e. The lowest BCUT2D eigenvalue weighted by molar-refractivity contribution is 0.00884. The number of hydrogen-bond acceptors (Lipinski definition) is 3. The Morgan fingerprint density at radius 1 is 1.56 bits per heavy atom. The number of halogens is 2. The van der Waals surface area contributed by atoms with Crippen LogP contribution in [0.5, 0.6) is 0 Å². The van der Waals surface area contributed by atoms with Crippen molar-refractivity contribution in [3.8, 4) is 0 Å². The quantitative estimate of drug-likeness (QED) is 0.752. The van der Waals surface area contributed by atoms with E-state index in [-0.39, 0.29) is 6.54 Å². The van der Waals surface area contributed by atoms with Crippen molar-refractivity contribution in [2.24, 2.45) is 0 Å². The summed E-state index contributed by atoms with van der Waals surface area (Å²) in [5, 5.41) is 2.17. The monoisotopic (exact) mass is 236 g/mol. The number of amides is 3. The van der Waals surface area contributed by atoms with E-state index in [1.54, 1.807) is 20.8 Å². The van der Waals surface area contributed by atoms with E-state index >= 15 is 0 Å². The fraction of sp³-hybridized carbons (Fsp3) is 0.778. The second kappa shape index (κ2) is 4.23. The third-order valence-electron chi connectivity index (χ3n) is 1.89. The summed E-state index contributed by atoms with van der Waals surface area (Å²) in [6.07, 6.45) is -3.83. The number of imide groups is 1.